The SMILES string of the molecule is CC(=O)CCCC(=O)NCC(=O)NC(CCCS)(CCCS)CCCS.CC(=O)CCCCC(S)C(CS)CS.CC(=O)COCC(=O)NCC(=O)NC(CS)(CS)CS.CC(=O)COCC(=O)NCC(=O)NCC(S)CC(S)CCS.Cc1ccc(C(=O)NCC(=O)NC(CCCS)C(S)CCS)cc1.O=C(O)CCCC(=O)NCC(=O)NCC(S)CC(S)CCS. The molecule has 1 aromatic rings. The van der Waals surface area contributed by atoms with Gasteiger partial charge in [0.2, 0.25) is 53.2 Å². The molecule has 0 fully saturated rings. The summed E-state index contributed by atoms with van der Waals surface area (Å²) in [5.74, 6) is 4.67. The van der Waals surface area contributed by atoms with Crippen molar-refractivity contribution in [3.05, 3.63) is 35.4 Å². The molecular weight excluding hydrogens is 1990 g/mol. The highest BCUT2D eigenvalue weighted by Gasteiger charge is 2.31. The summed E-state index contributed by atoms with van der Waals surface area (Å²) in [6, 6.07) is 7.18. The lowest BCUT2D eigenvalue weighted by Gasteiger charge is -2.35. The number of amides is 10. The van der Waals surface area contributed by atoms with E-state index in [4.69, 9.17) is 14.6 Å². The van der Waals surface area contributed by atoms with Gasteiger partial charge in [-0.15, -0.1) is 0 Å². The molecule has 1 rings (SSSR count). The molecule has 1 aromatic carbocycles. The van der Waals surface area contributed by atoms with Crippen molar-refractivity contribution < 1.29 is 86.5 Å². The van der Waals surface area contributed by atoms with Crippen molar-refractivity contribution in [1.29, 1.82) is 0 Å². The zero-order valence-corrected chi connectivity index (χ0v) is 90.5. The third kappa shape index (κ3) is 84.8. The van der Waals surface area contributed by atoms with Crippen LogP contribution in [0.25, 0.3) is 0 Å². The fourth-order valence-corrected chi connectivity index (χ4v) is 18.1. The Balaban J connectivity index is -0.000000476. The van der Waals surface area contributed by atoms with Gasteiger partial charge in [-0.25, -0.2) is 0 Å². The molecule has 128 heavy (non-hydrogen) atoms. The Morgan fingerprint density at radius 3 is 1.11 bits per heavy atom. The van der Waals surface area contributed by atoms with Crippen LogP contribution < -0.4 is 53.2 Å². The van der Waals surface area contributed by atoms with E-state index < -0.39 is 23.3 Å². The lowest BCUT2D eigenvalue weighted by atomic mass is 9.84. The molecule has 0 radical (unpaired) electrons. The predicted octanol–water partition coefficient (Wildman–Crippen LogP) is 8.56. The summed E-state index contributed by atoms with van der Waals surface area (Å²) in [6.07, 6.45) is 16.4. The first kappa shape index (κ1) is 135. The highest BCUT2D eigenvalue weighted by molar-refractivity contribution is 7.84. The van der Waals surface area contributed by atoms with Crippen molar-refractivity contribution >= 4 is 315 Å². The fraction of sp³-hybridized carbons (Fsp3) is 0.744. The fourth-order valence-electron chi connectivity index (χ4n) is 10.6. The second kappa shape index (κ2) is 89.2. The summed E-state index contributed by atoms with van der Waals surface area (Å²) < 4.78 is 9.66. The maximum Gasteiger partial charge on any atom is 0.303 e. The summed E-state index contributed by atoms with van der Waals surface area (Å²) in [6.45, 7) is 7.37. The van der Waals surface area contributed by atoms with Crippen LogP contribution in [0.2, 0.25) is 0 Å². The molecule has 7 atom stereocenters. The molecule has 0 saturated carbocycles. The van der Waals surface area contributed by atoms with Gasteiger partial charge in [0.1, 0.15) is 38.0 Å². The Hall–Kier alpha value is -1.71. The lowest BCUT2D eigenvalue weighted by molar-refractivity contribution is -0.137. The molecule has 0 aliphatic heterocycles. The largest absolute Gasteiger partial charge is 0.481 e. The van der Waals surface area contributed by atoms with E-state index in [-0.39, 0.29) is 193 Å². The minimum Gasteiger partial charge on any atom is -0.481 e. The van der Waals surface area contributed by atoms with Crippen LogP contribution in [0.15, 0.2) is 24.3 Å². The van der Waals surface area contributed by atoms with Crippen LogP contribution in [0, 0.1) is 12.8 Å². The number of aliphatic carboxylic acids is 1. The third-order valence-electron chi connectivity index (χ3n) is 17.8. The average molecular weight is 2140 g/mol. The molecule has 0 aromatic heterocycles. The normalized spacial score (nSPS) is 12.5. The zero-order valence-electron chi connectivity index (χ0n) is 74.4. The number of rotatable bonds is 68. The molecule has 0 aliphatic carbocycles. The molecule has 742 valence electrons. The van der Waals surface area contributed by atoms with Gasteiger partial charge in [0.05, 0.1) is 38.3 Å². The molecule has 0 spiro atoms. The molecule has 28 nitrogen and oxygen atoms in total. The van der Waals surface area contributed by atoms with Crippen molar-refractivity contribution in [2.24, 2.45) is 5.92 Å². The Morgan fingerprint density at radius 2 is 0.734 bits per heavy atom. The number of aryl methyl sites for hydroxylation is 1. The topological polar surface area (TPSA) is 415 Å². The van der Waals surface area contributed by atoms with E-state index in [0.29, 0.717) is 72.1 Å². The number of carboxylic acid groups (broad SMARTS) is 1. The first-order chi connectivity index (χ1) is 60.5. The Labute approximate surface area is 860 Å². The Morgan fingerprint density at radius 1 is 0.352 bits per heavy atom. The maximum atomic E-state index is 12.4. The quantitative estimate of drug-likeness (QED) is 0.0214. The van der Waals surface area contributed by atoms with Crippen LogP contribution in [0.1, 0.15) is 191 Å². The molecule has 7 unspecified atom stereocenters. The van der Waals surface area contributed by atoms with Gasteiger partial charge in [0.25, 0.3) is 5.91 Å². The summed E-state index contributed by atoms with van der Waals surface area (Å²) in [5, 5.41) is 36.0. The Kier molecular flexibility index (Phi) is 93.9. The minimum absolute atomic E-state index is 0.000866. The number of unbranched alkanes of at least 4 members (excludes halogenated alkanes) is 1. The number of carbonyl (C=O) groups excluding carboxylic acids is 14. The van der Waals surface area contributed by atoms with Crippen molar-refractivity contribution in [3.8, 4) is 0 Å². The van der Waals surface area contributed by atoms with E-state index in [0.717, 1.165) is 154 Å². The molecule has 0 bridgehead atoms. The molecule has 0 heterocycles. The van der Waals surface area contributed by atoms with Crippen LogP contribution in [0.4, 0.5) is 0 Å². The van der Waals surface area contributed by atoms with E-state index in [1.54, 1.807) is 19.1 Å². The van der Waals surface area contributed by atoms with Gasteiger partial charge in [-0.05, 0) is 214 Å². The second-order valence-electron chi connectivity index (χ2n) is 29.9. The van der Waals surface area contributed by atoms with Crippen molar-refractivity contribution in [1.82, 2.24) is 53.2 Å². The second-order valence-corrected chi connectivity index (χ2v) is 39.0. The van der Waals surface area contributed by atoms with Gasteiger partial charge >= 0.3 is 5.97 Å². The summed E-state index contributed by atoms with van der Waals surface area (Å²) >= 11 is 77.2. The predicted molar refractivity (Wildman–Crippen MR) is 580 cm³/mol. The van der Waals surface area contributed by atoms with Crippen molar-refractivity contribution in [3.63, 3.8) is 0 Å². The maximum absolute atomic E-state index is 12.4. The smallest absolute Gasteiger partial charge is 0.303 e. The van der Waals surface area contributed by atoms with Gasteiger partial charge in [0, 0.05) is 111 Å². The van der Waals surface area contributed by atoms with E-state index >= 15 is 0 Å². The van der Waals surface area contributed by atoms with Crippen molar-refractivity contribution in [2.75, 3.05) is 141 Å². The number of ether oxygens (including phenoxy) is 2. The number of benzene rings is 1. The number of hydrogen-bond donors (Lipinski definition) is 29. The van der Waals surface area contributed by atoms with Gasteiger partial charge < -0.3 is 77.3 Å². The minimum atomic E-state index is -0.939. The molecule has 46 heteroatoms. The van der Waals surface area contributed by atoms with E-state index in [1.807, 2.05) is 19.1 Å². The highest BCUT2D eigenvalue weighted by atomic mass is 32.1. The standard InChI is InChI=1S/C18H34N2O3S3.C17H26N2O2S3.2C13H24N2O4S3.C11H20N2O4S3.C10H20OS3/c1-15(21)6-2-7-16(22)19-14-17(23)20-18(8-3-11-24,9-4-12-25)10-5-13-26;1-12-4-6-13(7-5-12)17(21)18-11-16(20)19-14(3-2-9-22)15(24)8-10-23;1-9(16)7-19-8-13(18)15-6-12(17)14-5-11(22)4-10(21)2-3-20;16-11(2-1-3-13(18)19)15-8-12(17)14-7-10(22)6-9(21)4-5-20;1-8(14)3-17-4-10(16)12-2-9(15)13-11(5-18,6-19)7-20;1-8(11)4-2-3-5-10(14)9(6-12)7-13/h24-26H,2-14H2,1H3,(H,19,22)(H,20,23);4-7,14-15,22-24H,2-3,8-11H2,1H3,(H,18,21)(H,19,20);10-11,20-22H,2-8H2,1H3,(H,14,17)(H,15,18);9-10,20-22H,1-8H2,(H,14,17)(H,15,16)(H,18,19);18-20H,2-7H2,1H3,(H,12,16)(H,13,15);9-10,12-14H,2-7H2,1H3. The molecular formula is C82H148N10O18S18. The van der Waals surface area contributed by atoms with E-state index in [9.17, 15) is 71.9 Å². The number of carboxylic acids is 1. The first-order valence-corrected chi connectivity index (χ1v) is 52.9. The number of nitrogens with one attached hydrogen (secondary N) is 10. The highest BCUT2D eigenvalue weighted by Crippen LogP contribution is 2.27. The summed E-state index contributed by atoms with van der Waals surface area (Å²) in [4.78, 5) is 170. The number of Topliss-reactive ketones (excluding diaryl/α,β-unsaturated/α-hetero) is 4. The van der Waals surface area contributed by atoms with Gasteiger partial charge in [-0.3, -0.25) is 62.3 Å². The lowest BCUT2D eigenvalue weighted by Crippen LogP contribution is -2.55. The van der Waals surface area contributed by atoms with Crippen LogP contribution in [0.5, 0.6) is 0 Å². The van der Waals surface area contributed by atoms with Crippen LogP contribution in [-0.4, -0.2) is 283 Å². The number of hydrogen-bond acceptors (Lipinski definition) is 35. The summed E-state index contributed by atoms with van der Waals surface area (Å²) in [7, 11) is 0. The van der Waals surface area contributed by atoms with Crippen molar-refractivity contribution in [2.45, 2.75) is 231 Å². The molecule has 10 amide bonds. The van der Waals surface area contributed by atoms with E-state index in [1.165, 1.54) is 20.8 Å². The zero-order chi connectivity index (χ0) is 98.3. The number of ketones is 4. The van der Waals surface area contributed by atoms with E-state index in [2.05, 4.69) is 280 Å². The van der Waals surface area contributed by atoms with Gasteiger partial charge in [-0.1, -0.05) is 24.1 Å². The molecule has 11 N–H and O–H groups in total. The summed E-state index contributed by atoms with van der Waals surface area (Å²) in [5.41, 5.74) is 0.731. The van der Waals surface area contributed by atoms with Crippen LogP contribution in [0.3, 0.4) is 0 Å². The number of carbonyl (C=O) groups is 15. The average Bonchev–Trinajstić information content (AvgIpc) is 0.856. The van der Waals surface area contributed by atoms with Gasteiger partial charge in [-0.2, -0.15) is 227 Å². The molecule has 0 saturated heterocycles. The number of thiol groups is 18. The van der Waals surface area contributed by atoms with Gasteiger partial charge in [0.15, 0.2) is 11.6 Å². The third-order valence-corrected chi connectivity index (χ3v) is 25.6. The van der Waals surface area contributed by atoms with Crippen LogP contribution in [-0.2, 0) is 76.6 Å². The first-order valence-electron chi connectivity index (χ1n) is 42.2. The van der Waals surface area contributed by atoms with Crippen LogP contribution >= 0.6 is 227 Å². The monoisotopic (exact) mass is 2140 g/mol. The Bertz CT molecular complexity index is 3150. The molecule has 0 aliphatic rings.